The van der Waals surface area contributed by atoms with Gasteiger partial charge in [-0.15, -0.1) is 0 Å². The zero-order chi connectivity index (χ0) is 17.9. The van der Waals surface area contributed by atoms with Crippen LogP contribution in [0.5, 0.6) is 0 Å². The van der Waals surface area contributed by atoms with Crippen molar-refractivity contribution in [3.05, 3.63) is 27.7 Å². The predicted molar refractivity (Wildman–Crippen MR) is 99.7 cm³/mol. The number of carbonyl (C=O) groups is 1. The lowest BCUT2D eigenvalue weighted by Crippen LogP contribution is -2.38. The number of hydrogen-bond acceptors (Lipinski definition) is 4. The molecular weight excluding hydrogens is 391 g/mol. The molecule has 0 radical (unpaired) electrons. The van der Waals surface area contributed by atoms with Crippen LogP contribution in [0.25, 0.3) is 0 Å². The van der Waals surface area contributed by atoms with Crippen molar-refractivity contribution in [2.45, 2.75) is 18.7 Å². The van der Waals surface area contributed by atoms with Crippen molar-refractivity contribution < 1.29 is 13.2 Å². The van der Waals surface area contributed by atoms with E-state index < -0.39 is 10.0 Å². The molecule has 9 heteroatoms. The monoisotopic (exact) mass is 410 g/mol. The summed E-state index contributed by atoms with van der Waals surface area (Å²) >= 11 is 14.0. The molecule has 1 aromatic carbocycles. The van der Waals surface area contributed by atoms with Crippen molar-refractivity contribution in [3.63, 3.8) is 0 Å². The Kier molecular flexibility index (Phi) is 6.84. The molecule has 1 aliphatic rings. The first kappa shape index (κ1) is 19.8. The third-order valence-corrected chi connectivity index (χ3v) is 6.66. The summed E-state index contributed by atoms with van der Waals surface area (Å²) in [6, 6.07) is 2.59. The van der Waals surface area contributed by atoms with E-state index in [2.05, 4.69) is 4.72 Å². The molecule has 1 saturated heterocycles. The van der Waals surface area contributed by atoms with Crippen molar-refractivity contribution in [1.82, 2.24) is 9.62 Å². The highest BCUT2D eigenvalue weighted by Gasteiger charge is 2.26. The number of sulfonamides is 1. The van der Waals surface area contributed by atoms with E-state index in [0.717, 1.165) is 11.5 Å². The third-order valence-electron chi connectivity index (χ3n) is 3.52. The molecule has 1 fully saturated rings. The first-order valence-electron chi connectivity index (χ1n) is 7.58. The molecule has 24 heavy (non-hydrogen) atoms. The lowest BCUT2D eigenvalue weighted by molar-refractivity contribution is 0.0772. The van der Waals surface area contributed by atoms with Gasteiger partial charge in [0.05, 0.1) is 15.6 Å². The zero-order valence-corrected chi connectivity index (χ0v) is 16.7. The molecule has 1 aromatic rings. The second-order valence-electron chi connectivity index (χ2n) is 5.91. The standard InChI is InChI=1S/C15H20Cl2N2O3S2/c1-10(2)9-18-24(21,22)14-7-11(12(16)8-13(14)17)15(20)19-3-5-23-6-4-19/h7-8,10,18H,3-6,9H2,1-2H3. The fourth-order valence-corrected chi connectivity index (χ4v) is 5.16. The van der Waals surface area contributed by atoms with Crippen LogP contribution < -0.4 is 4.72 Å². The molecule has 0 atom stereocenters. The summed E-state index contributed by atoms with van der Waals surface area (Å²) in [7, 11) is -3.80. The van der Waals surface area contributed by atoms with Crippen LogP contribution in [-0.2, 0) is 10.0 Å². The SMILES string of the molecule is CC(C)CNS(=O)(=O)c1cc(C(=O)N2CCSCC2)c(Cl)cc1Cl. The second kappa shape index (κ2) is 8.27. The highest BCUT2D eigenvalue weighted by Crippen LogP contribution is 2.30. The molecule has 1 heterocycles. The van der Waals surface area contributed by atoms with Gasteiger partial charge in [0.15, 0.2) is 0 Å². The van der Waals surface area contributed by atoms with E-state index in [-0.39, 0.29) is 38.9 Å². The number of halogens is 2. The molecule has 0 bridgehead atoms. The molecule has 1 aliphatic heterocycles. The summed E-state index contributed by atoms with van der Waals surface area (Å²) in [4.78, 5) is 14.2. The average molecular weight is 411 g/mol. The fourth-order valence-electron chi connectivity index (χ4n) is 2.19. The summed E-state index contributed by atoms with van der Waals surface area (Å²) in [5.74, 6) is 1.60. The number of rotatable bonds is 5. The number of carbonyl (C=O) groups excluding carboxylic acids is 1. The van der Waals surface area contributed by atoms with Gasteiger partial charge in [-0.2, -0.15) is 11.8 Å². The van der Waals surface area contributed by atoms with E-state index >= 15 is 0 Å². The van der Waals surface area contributed by atoms with Gasteiger partial charge in [-0.25, -0.2) is 13.1 Å². The van der Waals surface area contributed by atoms with E-state index in [9.17, 15) is 13.2 Å². The normalized spacial score (nSPS) is 15.8. The Balaban J connectivity index is 2.35. The smallest absolute Gasteiger partial charge is 0.255 e. The maximum atomic E-state index is 12.7. The third kappa shape index (κ3) is 4.79. The zero-order valence-electron chi connectivity index (χ0n) is 13.5. The molecule has 1 amide bonds. The van der Waals surface area contributed by atoms with Gasteiger partial charge in [0.25, 0.3) is 5.91 Å². The van der Waals surface area contributed by atoms with Crippen LogP contribution in [0.4, 0.5) is 0 Å². The first-order chi connectivity index (χ1) is 11.2. The number of benzene rings is 1. The van der Waals surface area contributed by atoms with Crippen molar-refractivity contribution in [3.8, 4) is 0 Å². The van der Waals surface area contributed by atoms with Gasteiger partial charge in [-0.1, -0.05) is 37.0 Å². The minimum Gasteiger partial charge on any atom is -0.337 e. The number of nitrogens with zero attached hydrogens (tertiary/aromatic N) is 1. The van der Waals surface area contributed by atoms with Gasteiger partial charge < -0.3 is 4.90 Å². The van der Waals surface area contributed by atoms with Gasteiger partial charge in [-0.3, -0.25) is 4.79 Å². The Hall–Kier alpha value is -0.470. The van der Waals surface area contributed by atoms with Crippen molar-refractivity contribution in [2.75, 3.05) is 31.1 Å². The number of hydrogen-bond donors (Lipinski definition) is 1. The minimum absolute atomic E-state index is 0.00186. The molecule has 0 aliphatic carbocycles. The lowest BCUT2D eigenvalue weighted by Gasteiger charge is -2.27. The van der Waals surface area contributed by atoms with Crippen LogP contribution in [0.2, 0.25) is 10.0 Å². The molecule has 0 unspecified atom stereocenters. The summed E-state index contributed by atoms with van der Waals surface area (Å²) in [5, 5.41) is 0.160. The Labute approximate surface area is 157 Å². The molecule has 5 nitrogen and oxygen atoms in total. The topological polar surface area (TPSA) is 66.5 Å². The fraction of sp³-hybridized carbons (Fsp3) is 0.533. The maximum Gasteiger partial charge on any atom is 0.255 e. The molecule has 134 valence electrons. The highest BCUT2D eigenvalue weighted by molar-refractivity contribution is 7.99. The van der Waals surface area contributed by atoms with E-state index in [4.69, 9.17) is 23.2 Å². The van der Waals surface area contributed by atoms with Crippen LogP contribution in [0.3, 0.4) is 0 Å². The largest absolute Gasteiger partial charge is 0.337 e. The van der Waals surface area contributed by atoms with E-state index in [1.165, 1.54) is 12.1 Å². The summed E-state index contributed by atoms with van der Waals surface area (Å²) < 4.78 is 27.4. The van der Waals surface area contributed by atoms with E-state index in [0.29, 0.717) is 13.1 Å². The van der Waals surface area contributed by atoms with Crippen LogP contribution in [0.15, 0.2) is 17.0 Å². The Morgan fingerprint density at radius 1 is 1.25 bits per heavy atom. The van der Waals surface area contributed by atoms with Crippen molar-refractivity contribution in [2.24, 2.45) is 5.92 Å². The summed E-state index contributed by atoms with van der Waals surface area (Å²) in [6.45, 7) is 5.32. The van der Waals surface area contributed by atoms with E-state index in [1.807, 2.05) is 13.8 Å². The molecule has 0 saturated carbocycles. The van der Waals surface area contributed by atoms with Gasteiger partial charge in [0.1, 0.15) is 4.90 Å². The number of thioether (sulfide) groups is 1. The minimum atomic E-state index is -3.80. The number of amides is 1. The maximum absolute atomic E-state index is 12.7. The van der Waals surface area contributed by atoms with Crippen LogP contribution >= 0.6 is 35.0 Å². The lowest BCUT2D eigenvalue weighted by atomic mass is 10.2. The van der Waals surface area contributed by atoms with Gasteiger partial charge in [0.2, 0.25) is 10.0 Å². The van der Waals surface area contributed by atoms with Crippen molar-refractivity contribution >= 4 is 50.9 Å². The number of nitrogens with one attached hydrogen (secondary N) is 1. The molecular formula is C15H20Cl2N2O3S2. The van der Waals surface area contributed by atoms with E-state index in [1.54, 1.807) is 16.7 Å². The Morgan fingerprint density at radius 3 is 2.46 bits per heavy atom. The van der Waals surface area contributed by atoms with Crippen LogP contribution in [0.1, 0.15) is 24.2 Å². The van der Waals surface area contributed by atoms with Gasteiger partial charge in [-0.05, 0) is 18.1 Å². The quantitative estimate of drug-likeness (QED) is 0.809. The Bertz CT molecular complexity index is 718. The molecule has 1 N–H and O–H groups in total. The average Bonchev–Trinajstić information content (AvgIpc) is 2.53. The van der Waals surface area contributed by atoms with Gasteiger partial charge in [0, 0.05) is 31.1 Å². The second-order valence-corrected chi connectivity index (χ2v) is 9.69. The Morgan fingerprint density at radius 2 is 1.88 bits per heavy atom. The molecule has 0 aromatic heterocycles. The predicted octanol–water partition coefficient (Wildman–Crippen LogP) is 3.12. The van der Waals surface area contributed by atoms with Crippen LogP contribution in [0, 0.1) is 5.92 Å². The highest BCUT2D eigenvalue weighted by atomic mass is 35.5. The summed E-state index contributed by atoms with van der Waals surface area (Å²) in [5.41, 5.74) is 0.165. The van der Waals surface area contributed by atoms with Crippen LogP contribution in [-0.4, -0.2) is 50.4 Å². The molecule has 2 rings (SSSR count). The summed E-state index contributed by atoms with van der Waals surface area (Å²) in [6.07, 6.45) is 0. The molecule has 0 spiro atoms. The van der Waals surface area contributed by atoms with Crippen molar-refractivity contribution in [1.29, 1.82) is 0 Å². The van der Waals surface area contributed by atoms with Gasteiger partial charge >= 0.3 is 0 Å². The first-order valence-corrected chi connectivity index (χ1v) is 11.0.